The van der Waals surface area contributed by atoms with E-state index in [-0.39, 0.29) is 11.8 Å². The van der Waals surface area contributed by atoms with Crippen molar-refractivity contribution < 1.29 is 4.79 Å². The van der Waals surface area contributed by atoms with Gasteiger partial charge < -0.3 is 10.2 Å². The normalized spacial score (nSPS) is 19.0. The van der Waals surface area contributed by atoms with E-state index in [9.17, 15) is 4.79 Å². The van der Waals surface area contributed by atoms with Gasteiger partial charge in [0.25, 0.3) is 0 Å². The zero-order valence-electron chi connectivity index (χ0n) is 18.1. The molecule has 0 saturated carbocycles. The highest BCUT2D eigenvalue weighted by molar-refractivity contribution is 5.79. The van der Waals surface area contributed by atoms with Crippen molar-refractivity contribution >= 4 is 11.6 Å². The smallest absolute Gasteiger partial charge is 0.223 e. The van der Waals surface area contributed by atoms with Gasteiger partial charge in [-0.05, 0) is 69.3 Å². The number of benzene rings is 1. The fourth-order valence-electron chi connectivity index (χ4n) is 4.64. The van der Waals surface area contributed by atoms with Gasteiger partial charge in [0.1, 0.15) is 0 Å². The third-order valence-corrected chi connectivity index (χ3v) is 6.69. The molecule has 5 nitrogen and oxygen atoms in total. The molecule has 0 atom stereocenters. The maximum Gasteiger partial charge on any atom is 0.223 e. The molecule has 2 aromatic rings. The summed E-state index contributed by atoms with van der Waals surface area (Å²) < 4.78 is 0. The second-order valence-corrected chi connectivity index (χ2v) is 8.92. The van der Waals surface area contributed by atoms with Crippen LogP contribution < -0.4 is 10.2 Å². The SMILES string of the molecule is Cc1ccc(CN2CCC(CNC(=O)C3CCN(c4ccncc4)CC3)CC2)cc1. The number of likely N-dealkylation sites (tertiary alicyclic amines) is 1. The largest absolute Gasteiger partial charge is 0.371 e. The summed E-state index contributed by atoms with van der Waals surface area (Å²) in [5, 5.41) is 3.26. The lowest BCUT2D eigenvalue weighted by Crippen LogP contribution is -2.43. The molecule has 160 valence electrons. The predicted octanol–water partition coefficient (Wildman–Crippen LogP) is 3.63. The number of carbonyl (C=O) groups excluding carboxylic acids is 1. The third-order valence-electron chi connectivity index (χ3n) is 6.69. The van der Waals surface area contributed by atoms with Crippen LogP contribution in [0.4, 0.5) is 5.69 Å². The van der Waals surface area contributed by atoms with Crippen molar-refractivity contribution in [3.63, 3.8) is 0 Å². The number of piperidine rings is 2. The van der Waals surface area contributed by atoms with Gasteiger partial charge in [0.15, 0.2) is 0 Å². The summed E-state index contributed by atoms with van der Waals surface area (Å²) in [4.78, 5) is 21.6. The third kappa shape index (κ3) is 5.60. The predicted molar refractivity (Wildman–Crippen MR) is 121 cm³/mol. The van der Waals surface area contributed by atoms with E-state index < -0.39 is 0 Å². The van der Waals surface area contributed by atoms with E-state index in [1.54, 1.807) is 0 Å². The van der Waals surface area contributed by atoms with Crippen LogP contribution in [0.2, 0.25) is 0 Å². The molecule has 2 aliphatic rings. The van der Waals surface area contributed by atoms with Gasteiger partial charge in [-0.2, -0.15) is 0 Å². The molecule has 0 unspecified atom stereocenters. The van der Waals surface area contributed by atoms with E-state index in [1.165, 1.54) is 29.7 Å². The van der Waals surface area contributed by atoms with E-state index in [1.807, 2.05) is 24.5 Å². The van der Waals surface area contributed by atoms with Gasteiger partial charge >= 0.3 is 0 Å². The van der Waals surface area contributed by atoms with Crippen molar-refractivity contribution in [3.05, 3.63) is 59.9 Å². The van der Waals surface area contributed by atoms with Crippen LogP contribution in [0.1, 0.15) is 36.8 Å². The number of nitrogens with one attached hydrogen (secondary N) is 1. The van der Waals surface area contributed by atoms with E-state index in [2.05, 4.69) is 51.3 Å². The lowest BCUT2D eigenvalue weighted by atomic mass is 9.93. The molecule has 2 saturated heterocycles. The number of hydrogen-bond acceptors (Lipinski definition) is 4. The molecule has 1 aromatic carbocycles. The minimum Gasteiger partial charge on any atom is -0.371 e. The number of nitrogens with zero attached hydrogens (tertiary/aromatic N) is 3. The molecular weight excluding hydrogens is 372 g/mol. The average molecular weight is 407 g/mol. The number of hydrogen-bond donors (Lipinski definition) is 1. The monoisotopic (exact) mass is 406 g/mol. The summed E-state index contributed by atoms with van der Waals surface area (Å²) in [5.74, 6) is 1.02. The second-order valence-electron chi connectivity index (χ2n) is 8.92. The molecule has 1 aromatic heterocycles. The number of carbonyl (C=O) groups is 1. The fraction of sp³-hybridized carbons (Fsp3) is 0.520. The maximum absolute atomic E-state index is 12.7. The van der Waals surface area contributed by atoms with Crippen LogP contribution in [0.25, 0.3) is 0 Å². The highest BCUT2D eigenvalue weighted by Gasteiger charge is 2.26. The van der Waals surface area contributed by atoms with E-state index in [0.29, 0.717) is 5.92 Å². The highest BCUT2D eigenvalue weighted by Crippen LogP contribution is 2.23. The first-order valence-electron chi connectivity index (χ1n) is 11.4. The molecule has 2 aliphatic heterocycles. The first kappa shape index (κ1) is 20.9. The Morgan fingerprint density at radius 2 is 1.63 bits per heavy atom. The molecule has 1 N–H and O–H groups in total. The minimum atomic E-state index is 0.157. The van der Waals surface area contributed by atoms with Crippen molar-refractivity contribution in [1.82, 2.24) is 15.2 Å². The number of aryl methyl sites for hydroxylation is 1. The molecule has 30 heavy (non-hydrogen) atoms. The molecule has 0 aliphatic carbocycles. The van der Waals surface area contributed by atoms with Crippen LogP contribution in [0.3, 0.4) is 0 Å². The van der Waals surface area contributed by atoms with Gasteiger partial charge in [-0.15, -0.1) is 0 Å². The Kier molecular flexibility index (Phi) is 7.00. The summed E-state index contributed by atoms with van der Waals surface area (Å²) in [6.07, 6.45) is 7.88. The molecule has 4 rings (SSSR count). The van der Waals surface area contributed by atoms with Gasteiger partial charge in [0.2, 0.25) is 5.91 Å². The zero-order valence-corrected chi connectivity index (χ0v) is 18.1. The number of aromatic nitrogens is 1. The maximum atomic E-state index is 12.7. The first-order valence-corrected chi connectivity index (χ1v) is 11.4. The Morgan fingerprint density at radius 1 is 0.967 bits per heavy atom. The topological polar surface area (TPSA) is 48.5 Å². The Bertz CT molecular complexity index is 792. The van der Waals surface area contributed by atoms with Gasteiger partial charge in [-0.3, -0.25) is 14.7 Å². The summed E-state index contributed by atoms with van der Waals surface area (Å²) in [6.45, 7) is 8.14. The Labute approximate surface area is 180 Å². The number of rotatable bonds is 6. The Hall–Kier alpha value is -2.40. The van der Waals surface area contributed by atoms with Crippen LogP contribution in [-0.4, -0.2) is 48.5 Å². The molecule has 0 bridgehead atoms. The fourth-order valence-corrected chi connectivity index (χ4v) is 4.64. The van der Waals surface area contributed by atoms with Gasteiger partial charge in [0.05, 0.1) is 0 Å². The summed E-state index contributed by atoms with van der Waals surface area (Å²) in [6, 6.07) is 13.0. The quantitative estimate of drug-likeness (QED) is 0.796. The first-order chi connectivity index (χ1) is 14.7. The highest BCUT2D eigenvalue weighted by atomic mass is 16.1. The van der Waals surface area contributed by atoms with E-state index >= 15 is 0 Å². The summed E-state index contributed by atoms with van der Waals surface area (Å²) >= 11 is 0. The van der Waals surface area contributed by atoms with Crippen molar-refractivity contribution in [2.75, 3.05) is 37.6 Å². The molecular formula is C25H34N4O. The van der Waals surface area contributed by atoms with Gasteiger partial charge in [-0.1, -0.05) is 29.8 Å². The molecule has 2 fully saturated rings. The van der Waals surface area contributed by atoms with Gasteiger partial charge in [-0.25, -0.2) is 0 Å². The van der Waals surface area contributed by atoms with Crippen LogP contribution in [0.5, 0.6) is 0 Å². The van der Waals surface area contributed by atoms with Crippen molar-refractivity contribution in [3.8, 4) is 0 Å². The molecule has 1 amide bonds. The van der Waals surface area contributed by atoms with Crippen LogP contribution >= 0.6 is 0 Å². The number of amides is 1. The van der Waals surface area contributed by atoms with Crippen molar-refractivity contribution in [1.29, 1.82) is 0 Å². The number of pyridine rings is 1. The van der Waals surface area contributed by atoms with E-state index in [4.69, 9.17) is 0 Å². The van der Waals surface area contributed by atoms with E-state index in [0.717, 1.165) is 52.1 Å². The molecule has 5 heteroatoms. The molecule has 0 radical (unpaired) electrons. The standard InChI is InChI=1S/C25H34N4O/c1-20-2-4-22(5-3-20)19-28-14-8-21(9-15-28)18-27-25(30)23-10-16-29(17-11-23)24-6-12-26-13-7-24/h2-7,12-13,21,23H,8-11,14-19H2,1H3,(H,27,30). The Morgan fingerprint density at radius 3 is 2.30 bits per heavy atom. The lowest BCUT2D eigenvalue weighted by molar-refractivity contribution is -0.125. The number of anilines is 1. The minimum absolute atomic E-state index is 0.157. The van der Waals surface area contributed by atoms with Crippen molar-refractivity contribution in [2.45, 2.75) is 39.2 Å². The Balaban J connectivity index is 1.14. The van der Waals surface area contributed by atoms with Crippen molar-refractivity contribution in [2.24, 2.45) is 11.8 Å². The average Bonchev–Trinajstić information content (AvgIpc) is 2.80. The second kappa shape index (κ2) is 10.1. The summed E-state index contributed by atoms with van der Waals surface area (Å²) in [7, 11) is 0. The lowest BCUT2D eigenvalue weighted by Gasteiger charge is -2.34. The van der Waals surface area contributed by atoms with Gasteiger partial charge in [0, 0.05) is 50.2 Å². The zero-order chi connectivity index (χ0) is 20.8. The van der Waals surface area contributed by atoms with Crippen LogP contribution in [0, 0.1) is 18.8 Å². The van der Waals surface area contributed by atoms with Crippen LogP contribution in [0.15, 0.2) is 48.8 Å². The molecule has 3 heterocycles. The summed E-state index contributed by atoms with van der Waals surface area (Å²) in [5.41, 5.74) is 3.92. The van der Waals surface area contributed by atoms with Crippen LogP contribution in [-0.2, 0) is 11.3 Å². The molecule has 0 spiro atoms.